The molecule has 2 aromatic heterocycles. The average Bonchev–Trinajstić information content (AvgIpc) is 3.32. The Morgan fingerprint density at radius 3 is 2.72 bits per heavy atom. The molecule has 4 nitrogen and oxygen atoms in total. The number of benzene rings is 1. The number of aryl methyl sites for hydroxylation is 1. The van der Waals surface area contributed by atoms with E-state index in [0.29, 0.717) is 5.25 Å². The maximum Gasteiger partial charge on any atom is 0.160 e. The second-order valence-corrected chi connectivity index (χ2v) is 9.18. The third-order valence-corrected chi connectivity index (χ3v) is 6.84. The summed E-state index contributed by atoms with van der Waals surface area (Å²) in [6, 6.07) is 15.1. The number of halogens is 1. The minimum Gasteiger partial charge on any atom is -0.341 e. The molecule has 4 heterocycles. The molecular formula is C23H23FN4S. The van der Waals surface area contributed by atoms with Crippen LogP contribution in [0.25, 0.3) is 5.69 Å². The van der Waals surface area contributed by atoms with Gasteiger partial charge in [-0.3, -0.25) is 9.98 Å². The van der Waals surface area contributed by atoms with Crippen LogP contribution in [0.1, 0.15) is 41.7 Å². The molecule has 2 aliphatic rings. The summed E-state index contributed by atoms with van der Waals surface area (Å²) in [6.07, 6.45) is 1.84. The van der Waals surface area contributed by atoms with Gasteiger partial charge in [-0.25, -0.2) is 4.39 Å². The van der Waals surface area contributed by atoms with E-state index in [1.165, 1.54) is 11.6 Å². The Hall–Kier alpha value is -2.60. The first-order valence-electron chi connectivity index (χ1n) is 9.89. The van der Waals surface area contributed by atoms with Crippen LogP contribution >= 0.6 is 11.8 Å². The number of rotatable bonds is 3. The van der Waals surface area contributed by atoms with Gasteiger partial charge in [0.2, 0.25) is 0 Å². The smallest absolute Gasteiger partial charge is 0.160 e. The first-order valence-corrected chi connectivity index (χ1v) is 10.8. The molecule has 6 heteroatoms. The van der Waals surface area contributed by atoms with Crippen LogP contribution in [0.15, 0.2) is 59.7 Å². The topological polar surface area (TPSA) is 33.4 Å². The molecule has 0 N–H and O–H groups in total. The highest BCUT2D eigenvalue weighted by atomic mass is 32.2. The van der Waals surface area contributed by atoms with E-state index in [9.17, 15) is 4.39 Å². The number of hydrogen-bond donors (Lipinski definition) is 0. The molecular weight excluding hydrogens is 383 g/mol. The van der Waals surface area contributed by atoms with E-state index in [2.05, 4.69) is 47.4 Å². The van der Waals surface area contributed by atoms with Gasteiger partial charge in [0.05, 0.1) is 11.7 Å². The molecule has 0 unspecified atom stereocenters. The second-order valence-electron chi connectivity index (χ2n) is 7.78. The number of pyridine rings is 1. The lowest BCUT2D eigenvalue weighted by Gasteiger charge is -2.27. The predicted octanol–water partition coefficient (Wildman–Crippen LogP) is 5.22. The van der Waals surface area contributed by atoms with Crippen LogP contribution in [0.3, 0.4) is 0 Å². The Bertz CT molecular complexity index is 1090. The highest BCUT2D eigenvalue weighted by Crippen LogP contribution is 2.48. The summed E-state index contributed by atoms with van der Waals surface area (Å²) in [5.41, 5.74) is 5.29. The van der Waals surface area contributed by atoms with Crippen molar-refractivity contribution < 1.29 is 4.39 Å². The van der Waals surface area contributed by atoms with Gasteiger partial charge in [-0.1, -0.05) is 30.8 Å². The van der Waals surface area contributed by atoms with Crippen molar-refractivity contribution in [3.63, 3.8) is 0 Å². The average molecular weight is 407 g/mol. The van der Waals surface area contributed by atoms with Crippen molar-refractivity contribution in [3.05, 3.63) is 83.2 Å². The van der Waals surface area contributed by atoms with Crippen LogP contribution in [0, 0.1) is 19.7 Å². The Morgan fingerprint density at radius 1 is 1.10 bits per heavy atom. The first kappa shape index (κ1) is 18.4. The van der Waals surface area contributed by atoms with E-state index in [-0.39, 0.29) is 17.9 Å². The molecule has 0 aliphatic carbocycles. The third kappa shape index (κ3) is 3.06. The minimum atomic E-state index is -0.223. The Morgan fingerprint density at radius 2 is 1.97 bits per heavy atom. The molecule has 1 saturated heterocycles. The van der Waals surface area contributed by atoms with Crippen molar-refractivity contribution in [1.82, 2.24) is 14.5 Å². The lowest BCUT2D eigenvalue weighted by atomic mass is 9.96. The molecule has 3 atom stereocenters. The van der Waals surface area contributed by atoms with Crippen molar-refractivity contribution in [2.24, 2.45) is 4.99 Å². The van der Waals surface area contributed by atoms with Crippen LogP contribution in [0.2, 0.25) is 0 Å². The number of aliphatic imine (C=N–C) groups is 1. The zero-order valence-corrected chi connectivity index (χ0v) is 17.5. The number of thioether (sulfide) groups is 1. The van der Waals surface area contributed by atoms with Crippen molar-refractivity contribution in [2.45, 2.75) is 38.1 Å². The van der Waals surface area contributed by atoms with Gasteiger partial charge in [-0.15, -0.1) is 0 Å². The Labute approximate surface area is 174 Å². The molecule has 29 heavy (non-hydrogen) atoms. The number of hydrogen-bond acceptors (Lipinski definition) is 4. The van der Waals surface area contributed by atoms with Gasteiger partial charge in [0.1, 0.15) is 11.9 Å². The largest absolute Gasteiger partial charge is 0.341 e. The van der Waals surface area contributed by atoms with Crippen LogP contribution in [0.4, 0.5) is 4.39 Å². The van der Waals surface area contributed by atoms with Crippen LogP contribution in [0.5, 0.6) is 0 Å². The molecule has 0 saturated carbocycles. The Balaban J connectivity index is 1.63. The normalized spacial score (nSPS) is 23.4. The van der Waals surface area contributed by atoms with Gasteiger partial charge in [0.15, 0.2) is 5.17 Å². The second kappa shape index (κ2) is 7.02. The van der Waals surface area contributed by atoms with Gasteiger partial charge in [0, 0.05) is 35.1 Å². The van der Waals surface area contributed by atoms with E-state index >= 15 is 0 Å². The summed E-state index contributed by atoms with van der Waals surface area (Å²) in [6.45, 7) is 7.41. The van der Waals surface area contributed by atoms with E-state index in [1.807, 2.05) is 36.2 Å². The summed E-state index contributed by atoms with van der Waals surface area (Å²) in [5.74, 6) is -0.223. The maximum absolute atomic E-state index is 13.9. The zero-order chi connectivity index (χ0) is 20.1. The quantitative estimate of drug-likeness (QED) is 0.598. The van der Waals surface area contributed by atoms with Crippen LogP contribution in [-0.4, -0.2) is 31.4 Å². The minimum absolute atomic E-state index is 0.0346. The number of aromatic nitrogens is 2. The lowest BCUT2D eigenvalue weighted by molar-refractivity contribution is 0.320. The van der Waals surface area contributed by atoms with Crippen molar-refractivity contribution in [3.8, 4) is 5.69 Å². The number of amidine groups is 1. The summed E-state index contributed by atoms with van der Waals surface area (Å²) in [7, 11) is 0. The molecule has 5 rings (SSSR count). The van der Waals surface area contributed by atoms with E-state index in [1.54, 1.807) is 12.1 Å². The van der Waals surface area contributed by atoms with E-state index in [4.69, 9.17) is 4.99 Å². The van der Waals surface area contributed by atoms with Gasteiger partial charge in [-0.2, -0.15) is 0 Å². The summed E-state index contributed by atoms with van der Waals surface area (Å²) >= 11 is 1.84. The molecule has 1 aromatic carbocycles. The fourth-order valence-electron chi connectivity index (χ4n) is 4.55. The molecule has 0 radical (unpaired) electrons. The molecule has 0 bridgehead atoms. The summed E-state index contributed by atoms with van der Waals surface area (Å²) in [5, 5.41) is 1.63. The Kier molecular flexibility index (Phi) is 4.46. The highest BCUT2D eigenvalue weighted by molar-refractivity contribution is 8.14. The van der Waals surface area contributed by atoms with Gasteiger partial charge < -0.3 is 9.47 Å². The van der Waals surface area contributed by atoms with E-state index < -0.39 is 0 Å². The number of nitrogens with zero attached hydrogens (tertiary/aromatic N) is 4. The molecule has 2 aliphatic heterocycles. The number of fused-ring (bicyclic) bond motifs is 1. The summed E-state index contributed by atoms with van der Waals surface area (Å²) < 4.78 is 16.0. The van der Waals surface area contributed by atoms with Crippen molar-refractivity contribution in [1.29, 1.82) is 0 Å². The molecule has 0 amide bonds. The zero-order valence-electron chi connectivity index (χ0n) is 16.7. The third-order valence-electron chi connectivity index (χ3n) is 5.74. The molecule has 3 aromatic rings. The predicted molar refractivity (Wildman–Crippen MR) is 116 cm³/mol. The highest BCUT2D eigenvalue weighted by Gasteiger charge is 2.44. The van der Waals surface area contributed by atoms with E-state index in [0.717, 1.165) is 34.5 Å². The van der Waals surface area contributed by atoms with Gasteiger partial charge in [0.25, 0.3) is 0 Å². The fourth-order valence-corrected chi connectivity index (χ4v) is 5.65. The van der Waals surface area contributed by atoms with Crippen LogP contribution in [-0.2, 0) is 0 Å². The molecule has 148 valence electrons. The van der Waals surface area contributed by atoms with Crippen molar-refractivity contribution in [2.75, 3.05) is 6.54 Å². The monoisotopic (exact) mass is 406 g/mol. The van der Waals surface area contributed by atoms with Crippen LogP contribution < -0.4 is 0 Å². The molecule has 1 fully saturated rings. The standard InChI is InChI=1S/C23H23FN4S/c1-14-11-19(16(3)28(14)18-8-6-7-17(24)12-18)22-21(20-9-4-5-10-25-20)26-23-27(22)13-15(2)29-23/h4-12,15,21-22H,13H2,1-3H3/t15-,21+,22-/m0/s1. The first-order chi connectivity index (χ1) is 14.0. The fraction of sp³-hybridized carbons (Fsp3) is 0.304. The lowest BCUT2D eigenvalue weighted by Crippen LogP contribution is -2.28. The maximum atomic E-state index is 13.9. The van der Waals surface area contributed by atoms with Gasteiger partial charge >= 0.3 is 0 Å². The summed E-state index contributed by atoms with van der Waals surface area (Å²) in [4.78, 5) is 12.1. The molecule has 0 spiro atoms. The SMILES string of the molecule is Cc1cc([C@H]2[C@@H](c3ccccn3)N=C3S[C@@H](C)CN32)c(C)n1-c1cccc(F)c1. The van der Waals surface area contributed by atoms with Gasteiger partial charge in [-0.05, 0) is 55.8 Å². The van der Waals surface area contributed by atoms with Crippen molar-refractivity contribution >= 4 is 16.9 Å².